The van der Waals surface area contributed by atoms with E-state index >= 15 is 0 Å². The summed E-state index contributed by atoms with van der Waals surface area (Å²) in [6, 6.07) is 3.61. The van der Waals surface area contributed by atoms with Crippen LogP contribution in [-0.4, -0.2) is 19.7 Å². The summed E-state index contributed by atoms with van der Waals surface area (Å²) in [4.78, 5) is 8.50. The Morgan fingerprint density at radius 2 is 2.24 bits per heavy atom. The van der Waals surface area contributed by atoms with E-state index in [0.717, 1.165) is 30.0 Å². The molecule has 0 aliphatic rings. The van der Waals surface area contributed by atoms with Gasteiger partial charge in [0.05, 0.1) is 6.04 Å². The van der Waals surface area contributed by atoms with Crippen molar-refractivity contribution in [2.24, 2.45) is 5.73 Å². The minimum Gasteiger partial charge on any atom is -0.318 e. The lowest BCUT2D eigenvalue weighted by Gasteiger charge is -2.14. The van der Waals surface area contributed by atoms with Gasteiger partial charge in [0.25, 0.3) is 0 Å². The van der Waals surface area contributed by atoms with Crippen molar-refractivity contribution >= 4 is 0 Å². The van der Waals surface area contributed by atoms with E-state index in [9.17, 15) is 0 Å². The van der Waals surface area contributed by atoms with Gasteiger partial charge >= 0.3 is 0 Å². The van der Waals surface area contributed by atoms with Crippen LogP contribution in [0.2, 0.25) is 0 Å². The van der Waals surface area contributed by atoms with E-state index in [2.05, 4.69) is 22.0 Å². The second-order valence-electron chi connectivity index (χ2n) is 4.00. The minimum absolute atomic E-state index is 0.266. The highest BCUT2D eigenvalue weighted by molar-refractivity contribution is 5.27. The molecule has 0 aliphatic heterocycles. The first kappa shape index (κ1) is 11.7. The zero-order chi connectivity index (χ0) is 12.3. The molecule has 2 heterocycles. The number of hydrogen-bond donors (Lipinski definition) is 1. The molecule has 0 saturated carbocycles. The van der Waals surface area contributed by atoms with E-state index in [0.29, 0.717) is 0 Å². The summed E-state index contributed by atoms with van der Waals surface area (Å²) in [6.45, 7) is 4.89. The second-order valence-corrected chi connectivity index (χ2v) is 4.00. The van der Waals surface area contributed by atoms with Gasteiger partial charge in [-0.05, 0) is 25.0 Å². The standard InChI is InChI=1S/C12H17N5/c1-3-7-17-12(15-8-16-17)11(13)10-5-4-6-14-9(10)2/h4-6,8,11H,3,7,13H2,1-2H3. The van der Waals surface area contributed by atoms with E-state index in [4.69, 9.17) is 5.73 Å². The SMILES string of the molecule is CCCn1ncnc1C(N)c1cccnc1C. The normalized spacial score (nSPS) is 12.6. The molecule has 0 bridgehead atoms. The van der Waals surface area contributed by atoms with Crippen LogP contribution < -0.4 is 5.73 Å². The number of nitrogens with two attached hydrogens (primary N) is 1. The van der Waals surface area contributed by atoms with Crippen molar-refractivity contribution in [3.63, 3.8) is 0 Å². The molecular formula is C12H17N5. The second kappa shape index (κ2) is 5.05. The topological polar surface area (TPSA) is 69.6 Å². The molecule has 1 atom stereocenters. The fraction of sp³-hybridized carbons (Fsp3) is 0.417. The quantitative estimate of drug-likeness (QED) is 0.864. The Bertz CT molecular complexity index is 491. The highest BCUT2D eigenvalue weighted by atomic mass is 15.3. The summed E-state index contributed by atoms with van der Waals surface area (Å²) in [7, 11) is 0. The Labute approximate surface area is 101 Å². The van der Waals surface area contributed by atoms with Gasteiger partial charge in [-0.25, -0.2) is 9.67 Å². The highest BCUT2D eigenvalue weighted by Gasteiger charge is 2.17. The third-order valence-corrected chi connectivity index (χ3v) is 2.74. The van der Waals surface area contributed by atoms with Crippen LogP contribution in [0.5, 0.6) is 0 Å². The van der Waals surface area contributed by atoms with Crippen molar-refractivity contribution in [3.8, 4) is 0 Å². The third-order valence-electron chi connectivity index (χ3n) is 2.74. The van der Waals surface area contributed by atoms with Gasteiger partial charge in [-0.15, -0.1) is 0 Å². The number of rotatable bonds is 4. The maximum atomic E-state index is 6.23. The molecule has 5 nitrogen and oxygen atoms in total. The first-order valence-electron chi connectivity index (χ1n) is 5.78. The van der Waals surface area contributed by atoms with Gasteiger partial charge in [0.1, 0.15) is 12.2 Å². The van der Waals surface area contributed by atoms with Crippen LogP contribution in [0.3, 0.4) is 0 Å². The zero-order valence-corrected chi connectivity index (χ0v) is 10.2. The Balaban J connectivity index is 2.34. The molecule has 1 unspecified atom stereocenters. The predicted molar refractivity (Wildman–Crippen MR) is 65.3 cm³/mol. The summed E-state index contributed by atoms with van der Waals surface area (Å²) < 4.78 is 1.86. The van der Waals surface area contributed by atoms with Crippen molar-refractivity contribution < 1.29 is 0 Å². The Morgan fingerprint density at radius 1 is 1.41 bits per heavy atom. The average molecular weight is 231 g/mol. The van der Waals surface area contributed by atoms with Gasteiger partial charge in [0, 0.05) is 18.4 Å². The van der Waals surface area contributed by atoms with Crippen LogP contribution in [-0.2, 0) is 6.54 Å². The molecule has 0 radical (unpaired) electrons. The molecular weight excluding hydrogens is 214 g/mol. The molecule has 90 valence electrons. The van der Waals surface area contributed by atoms with Gasteiger partial charge in [0.2, 0.25) is 0 Å². The molecule has 2 aromatic heterocycles. The van der Waals surface area contributed by atoms with Crippen LogP contribution in [0.15, 0.2) is 24.7 Å². The molecule has 0 fully saturated rings. The number of pyridine rings is 1. The van der Waals surface area contributed by atoms with Gasteiger partial charge < -0.3 is 5.73 Å². The Hall–Kier alpha value is -1.75. The van der Waals surface area contributed by atoms with Crippen LogP contribution in [0, 0.1) is 6.92 Å². The molecule has 2 N–H and O–H groups in total. The van der Waals surface area contributed by atoms with Crippen molar-refractivity contribution in [2.75, 3.05) is 0 Å². The maximum Gasteiger partial charge on any atom is 0.148 e. The third kappa shape index (κ3) is 2.34. The van der Waals surface area contributed by atoms with E-state index in [-0.39, 0.29) is 6.04 Å². The summed E-state index contributed by atoms with van der Waals surface area (Å²) in [5.74, 6) is 0.794. The summed E-state index contributed by atoms with van der Waals surface area (Å²) in [5, 5.41) is 4.19. The first-order valence-corrected chi connectivity index (χ1v) is 5.78. The number of hydrogen-bond acceptors (Lipinski definition) is 4. The number of nitrogens with zero attached hydrogens (tertiary/aromatic N) is 4. The molecule has 0 aromatic carbocycles. The van der Waals surface area contributed by atoms with E-state index in [1.54, 1.807) is 12.5 Å². The molecule has 0 amide bonds. The predicted octanol–water partition coefficient (Wildman–Crippen LogP) is 1.44. The monoisotopic (exact) mass is 231 g/mol. The molecule has 5 heteroatoms. The fourth-order valence-electron chi connectivity index (χ4n) is 1.86. The van der Waals surface area contributed by atoms with Crippen molar-refractivity contribution in [2.45, 2.75) is 32.9 Å². The molecule has 0 aliphatic carbocycles. The van der Waals surface area contributed by atoms with Gasteiger partial charge in [-0.3, -0.25) is 4.98 Å². The summed E-state index contributed by atoms with van der Waals surface area (Å²) in [6.07, 6.45) is 4.33. The van der Waals surface area contributed by atoms with Crippen LogP contribution in [0.25, 0.3) is 0 Å². The fourth-order valence-corrected chi connectivity index (χ4v) is 1.86. The van der Waals surface area contributed by atoms with Crippen LogP contribution in [0.4, 0.5) is 0 Å². The molecule has 17 heavy (non-hydrogen) atoms. The summed E-state index contributed by atoms with van der Waals surface area (Å²) in [5.41, 5.74) is 8.16. The van der Waals surface area contributed by atoms with E-state index in [1.165, 1.54) is 0 Å². The Morgan fingerprint density at radius 3 is 2.94 bits per heavy atom. The zero-order valence-electron chi connectivity index (χ0n) is 10.2. The number of aromatic nitrogens is 4. The van der Waals surface area contributed by atoms with Gasteiger partial charge in [0.15, 0.2) is 0 Å². The van der Waals surface area contributed by atoms with Crippen molar-refractivity contribution in [3.05, 3.63) is 41.7 Å². The first-order chi connectivity index (χ1) is 8.24. The Kier molecular flexibility index (Phi) is 3.49. The molecule has 0 spiro atoms. The van der Waals surface area contributed by atoms with Crippen molar-refractivity contribution in [1.29, 1.82) is 0 Å². The molecule has 2 aromatic rings. The maximum absolute atomic E-state index is 6.23. The smallest absolute Gasteiger partial charge is 0.148 e. The minimum atomic E-state index is -0.266. The van der Waals surface area contributed by atoms with Gasteiger partial charge in [-0.1, -0.05) is 13.0 Å². The highest BCUT2D eigenvalue weighted by Crippen LogP contribution is 2.19. The van der Waals surface area contributed by atoms with Crippen LogP contribution in [0.1, 0.15) is 36.5 Å². The number of aryl methyl sites for hydroxylation is 2. The molecule has 0 saturated heterocycles. The lowest BCUT2D eigenvalue weighted by atomic mass is 10.1. The van der Waals surface area contributed by atoms with E-state index < -0.39 is 0 Å². The average Bonchev–Trinajstić information content (AvgIpc) is 2.78. The van der Waals surface area contributed by atoms with Crippen LogP contribution >= 0.6 is 0 Å². The lowest BCUT2D eigenvalue weighted by molar-refractivity contribution is 0.552. The van der Waals surface area contributed by atoms with Gasteiger partial charge in [-0.2, -0.15) is 5.10 Å². The van der Waals surface area contributed by atoms with Crippen molar-refractivity contribution in [1.82, 2.24) is 19.7 Å². The lowest BCUT2D eigenvalue weighted by Crippen LogP contribution is -2.20. The molecule has 2 rings (SSSR count). The summed E-state index contributed by atoms with van der Waals surface area (Å²) >= 11 is 0. The largest absolute Gasteiger partial charge is 0.318 e. The van der Waals surface area contributed by atoms with E-state index in [1.807, 2.05) is 23.7 Å².